The summed E-state index contributed by atoms with van der Waals surface area (Å²) in [7, 11) is 1.95. The van der Waals surface area contributed by atoms with Crippen molar-refractivity contribution in [2.75, 3.05) is 25.4 Å². The third-order valence-electron chi connectivity index (χ3n) is 6.80. The van der Waals surface area contributed by atoms with Crippen molar-refractivity contribution in [1.82, 2.24) is 24.6 Å². The average molecular weight is 490 g/mol. The number of ketones is 1. The maximum absolute atomic E-state index is 11.8. The zero-order chi connectivity index (χ0) is 22.5. The minimum atomic E-state index is -0.0877. The van der Waals surface area contributed by atoms with Gasteiger partial charge in [0.1, 0.15) is 5.75 Å². The Morgan fingerprint density at radius 3 is 2.91 bits per heavy atom. The second-order valence-electron chi connectivity index (χ2n) is 8.91. The lowest BCUT2D eigenvalue weighted by atomic mass is 9.92. The van der Waals surface area contributed by atoms with Crippen molar-refractivity contribution < 1.29 is 14.3 Å². The molecule has 1 saturated carbocycles. The van der Waals surface area contributed by atoms with Gasteiger partial charge < -0.3 is 19.0 Å². The average Bonchev–Trinajstić information content (AvgIpc) is 3.06. The monoisotopic (exact) mass is 489 g/mol. The number of likely N-dealkylation sites (tertiary alicyclic amines) is 1. The van der Waals surface area contributed by atoms with E-state index in [4.69, 9.17) is 4.42 Å². The smallest absolute Gasteiger partial charge is 0.202 e. The molecule has 2 aromatic heterocycles. The van der Waals surface area contributed by atoms with Gasteiger partial charge >= 0.3 is 0 Å². The summed E-state index contributed by atoms with van der Waals surface area (Å²) in [5.74, 6) is 2.95. The highest BCUT2D eigenvalue weighted by Gasteiger charge is 2.60. The number of phenolic OH excluding ortho intramolecular Hbond substituents is 1. The lowest BCUT2D eigenvalue weighted by Crippen LogP contribution is -2.28. The topological polar surface area (TPSA) is 97.3 Å². The van der Waals surface area contributed by atoms with Gasteiger partial charge in [-0.2, -0.15) is 0 Å². The maximum atomic E-state index is 11.8. The van der Waals surface area contributed by atoms with Crippen molar-refractivity contribution in [3.8, 4) is 17.3 Å². The number of thioether (sulfide) groups is 1. The van der Waals surface area contributed by atoms with Crippen molar-refractivity contribution in [2.24, 2.45) is 13.0 Å². The second kappa shape index (κ2) is 9.12. The number of rotatable bonds is 8. The van der Waals surface area contributed by atoms with E-state index >= 15 is 0 Å². The van der Waals surface area contributed by atoms with Gasteiger partial charge in [0, 0.05) is 31.3 Å². The van der Waals surface area contributed by atoms with Gasteiger partial charge in [0.2, 0.25) is 5.82 Å². The summed E-state index contributed by atoms with van der Waals surface area (Å²) in [4.78, 5) is 18.5. The zero-order valence-electron chi connectivity index (χ0n) is 18.9. The Balaban J connectivity index is 0.00000259. The van der Waals surface area contributed by atoms with Crippen LogP contribution in [0.1, 0.15) is 41.4 Å². The molecule has 0 spiro atoms. The van der Waals surface area contributed by atoms with Gasteiger partial charge in [0.25, 0.3) is 0 Å². The quantitative estimate of drug-likeness (QED) is 0.289. The zero-order valence-corrected chi connectivity index (χ0v) is 20.6. The molecule has 10 heteroatoms. The number of piperidine rings is 1. The Morgan fingerprint density at radius 2 is 2.18 bits per heavy atom. The van der Waals surface area contributed by atoms with E-state index in [0.717, 1.165) is 42.7 Å². The second-order valence-corrected chi connectivity index (χ2v) is 9.98. The Kier molecular flexibility index (Phi) is 6.57. The molecule has 0 amide bonds. The molecule has 2 aliphatic rings. The fraction of sp³-hybridized carbons (Fsp3) is 0.478. The number of phenols is 1. The number of fused-ring (bicyclic) bond motifs is 1. The van der Waals surface area contributed by atoms with Gasteiger partial charge in [-0.25, -0.2) is 4.98 Å². The Bertz CT molecular complexity index is 1180. The van der Waals surface area contributed by atoms with Crippen LogP contribution in [0.5, 0.6) is 5.75 Å². The molecule has 1 saturated heterocycles. The van der Waals surface area contributed by atoms with Crippen LogP contribution in [0.3, 0.4) is 0 Å². The number of halogens is 1. The summed E-state index contributed by atoms with van der Waals surface area (Å²) in [5.41, 5.74) is 2.58. The van der Waals surface area contributed by atoms with Crippen LogP contribution in [-0.2, 0) is 12.5 Å². The number of hydrogen-bond acceptors (Lipinski definition) is 8. The van der Waals surface area contributed by atoms with Gasteiger partial charge in [-0.1, -0.05) is 17.8 Å². The molecule has 2 atom stereocenters. The van der Waals surface area contributed by atoms with E-state index in [9.17, 15) is 9.90 Å². The van der Waals surface area contributed by atoms with Crippen LogP contribution in [0, 0.1) is 12.8 Å². The third kappa shape index (κ3) is 4.29. The molecule has 176 valence electrons. The van der Waals surface area contributed by atoms with Crippen molar-refractivity contribution in [3.05, 3.63) is 41.4 Å². The molecule has 0 unspecified atom stereocenters. The van der Waals surface area contributed by atoms with Crippen molar-refractivity contribution in [3.63, 3.8) is 0 Å². The summed E-state index contributed by atoms with van der Waals surface area (Å²) in [6.07, 6.45) is 3.66. The number of Topliss-reactive ketones (excluding diaryl/α,β-unsaturated/α-hetero) is 1. The maximum Gasteiger partial charge on any atom is 0.202 e. The first-order valence-electron chi connectivity index (χ1n) is 10.9. The summed E-state index contributed by atoms with van der Waals surface area (Å²) in [5, 5.41) is 19.4. The fourth-order valence-electron chi connectivity index (χ4n) is 4.94. The number of aromatic nitrogens is 4. The fourth-order valence-corrected chi connectivity index (χ4v) is 5.77. The number of carbonyl (C=O) groups is 1. The number of hydrogen-bond donors (Lipinski definition) is 1. The molecule has 2 fully saturated rings. The van der Waals surface area contributed by atoms with E-state index < -0.39 is 0 Å². The Hall–Kier alpha value is -2.36. The highest BCUT2D eigenvalue weighted by Crippen LogP contribution is 2.59. The molecule has 5 rings (SSSR count). The first-order chi connectivity index (χ1) is 15.4. The Labute approximate surface area is 203 Å². The summed E-state index contributed by atoms with van der Waals surface area (Å²) in [6, 6.07) is 5.56. The number of aromatic hydroxyl groups is 1. The Morgan fingerprint density at radius 1 is 1.36 bits per heavy atom. The van der Waals surface area contributed by atoms with Gasteiger partial charge in [0.05, 0.1) is 11.3 Å². The number of benzene rings is 1. The molecular weight excluding hydrogens is 462 g/mol. The molecule has 1 aromatic carbocycles. The van der Waals surface area contributed by atoms with Crippen LogP contribution in [0.15, 0.2) is 34.2 Å². The summed E-state index contributed by atoms with van der Waals surface area (Å²) < 4.78 is 7.40. The highest BCUT2D eigenvalue weighted by atomic mass is 35.5. The third-order valence-corrected chi connectivity index (χ3v) is 7.91. The molecule has 1 aliphatic carbocycles. The van der Waals surface area contributed by atoms with E-state index in [2.05, 4.69) is 20.1 Å². The van der Waals surface area contributed by atoms with Gasteiger partial charge in [-0.3, -0.25) is 4.79 Å². The first kappa shape index (κ1) is 23.8. The minimum Gasteiger partial charge on any atom is -0.507 e. The van der Waals surface area contributed by atoms with Gasteiger partial charge in [-0.15, -0.1) is 22.6 Å². The largest absolute Gasteiger partial charge is 0.507 e. The van der Waals surface area contributed by atoms with Crippen LogP contribution in [0.4, 0.5) is 0 Å². The normalized spacial score (nSPS) is 21.6. The minimum absolute atomic E-state index is 0. The number of nitrogens with zero attached hydrogens (tertiary/aromatic N) is 5. The van der Waals surface area contributed by atoms with Crippen molar-refractivity contribution in [1.29, 1.82) is 0 Å². The molecule has 3 heterocycles. The lowest BCUT2D eigenvalue weighted by Gasteiger charge is -2.21. The number of aryl methyl sites for hydroxylation is 1. The summed E-state index contributed by atoms with van der Waals surface area (Å²) >= 11 is 1.70. The van der Waals surface area contributed by atoms with Crippen LogP contribution >= 0.6 is 24.2 Å². The molecular formula is C23H28ClN5O3S. The SMILES string of the molecule is CC(=O)c1cc([C@]23C[C@H]2CN(CCCSc2nnc(-c4ocnc4C)n2C)C3)ccc1O.Cl. The standard InChI is InChI=1S/C23H27N5O3S.ClH/c1-14-20(31-13-24-14)21-25-26-22(27(21)3)32-8-4-7-28-11-17-10-23(17,12-28)16-5-6-19(30)18(9-16)15(2)29;/h5-6,9,13,17,30H,4,7-8,10-12H2,1-3H3;1H/t17-,23+;/m0./s1. The summed E-state index contributed by atoms with van der Waals surface area (Å²) in [6.45, 7) is 6.55. The molecule has 0 radical (unpaired) electrons. The van der Waals surface area contributed by atoms with Crippen LogP contribution < -0.4 is 0 Å². The molecule has 3 aromatic rings. The van der Waals surface area contributed by atoms with Crippen LogP contribution in [0.25, 0.3) is 11.6 Å². The van der Waals surface area contributed by atoms with Gasteiger partial charge in [-0.05, 0) is 56.8 Å². The van der Waals surface area contributed by atoms with E-state index in [1.807, 2.05) is 30.7 Å². The molecule has 1 aliphatic heterocycles. The highest BCUT2D eigenvalue weighted by molar-refractivity contribution is 7.99. The lowest BCUT2D eigenvalue weighted by molar-refractivity contribution is 0.101. The van der Waals surface area contributed by atoms with Crippen LogP contribution in [-0.4, -0.2) is 60.9 Å². The van der Waals surface area contributed by atoms with E-state index in [-0.39, 0.29) is 29.4 Å². The molecule has 8 nitrogen and oxygen atoms in total. The molecule has 1 N–H and O–H groups in total. The van der Waals surface area contributed by atoms with E-state index in [1.165, 1.54) is 25.3 Å². The van der Waals surface area contributed by atoms with Crippen molar-refractivity contribution >= 4 is 30.0 Å². The van der Waals surface area contributed by atoms with E-state index in [1.54, 1.807) is 17.8 Å². The number of oxazole rings is 1. The first-order valence-corrected chi connectivity index (χ1v) is 11.9. The number of carbonyl (C=O) groups excluding carboxylic acids is 1. The van der Waals surface area contributed by atoms with Crippen molar-refractivity contribution in [2.45, 2.75) is 37.3 Å². The van der Waals surface area contributed by atoms with Crippen LogP contribution in [0.2, 0.25) is 0 Å². The predicted octanol–water partition coefficient (Wildman–Crippen LogP) is 3.86. The molecule has 33 heavy (non-hydrogen) atoms. The van der Waals surface area contributed by atoms with E-state index in [0.29, 0.717) is 23.1 Å². The predicted molar refractivity (Wildman–Crippen MR) is 128 cm³/mol. The van der Waals surface area contributed by atoms with Gasteiger partial charge in [0.15, 0.2) is 23.1 Å². The molecule has 0 bridgehead atoms.